The van der Waals surface area contributed by atoms with Crippen molar-refractivity contribution in [1.82, 2.24) is 19.8 Å². The predicted molar refractivity (Wildman–Crippen MR) is 125 cm³/mol. The zero-order valence-corrected chi connectivity index (χ0v) is 19.7. The first-order chi connectivity index (χ1) is 16.5. The highest BCUT2D eigenvalue weighted by Gasteiger charge is 2.51. The number of carboxylic acid groups (broad SMARTS) is 1. The van der Waals surface area contributed by atoms with Crippen LogP contribution >= 0.6 is 0 Å². The van der Waals surface area contributed by atoms with Gasteiger partial charge in [0.05, 0.1) is 6.04 Å². The van der Waals surface area contributed by atoms with Crippen LogP contribution in [0, 0.1) is 5.92 Å². The van der Waals surface area contributed by atoms with Gasteiger partial charge >= 0.3 is 12.1 Å². The molecule has 1 aliphatic carbocycles. The van der Waals surface area contributed by atoms with Gasteiger partial charge in [0.2, 0.25) is 0 Å². The van der Waals surface area contributed by atoms with E-state index in [0.717, 1.165) is 76.9 Å². The number of carbonyl (C=O) groups is 2. The van der Waals surface area contributed by atoms with Crippen LogP contribution in [0.5, 0.6) is 0 Å². The summed E-state index contributed by atoms with van der Waals surface area (Å²) in [5.74, 6) is 0.378. The quantitative estimate of drug-likeness (QED) is 0.636. The Morgan fingerprint density at radius 1 is 1.12 bits per heavy atom. The second kappa shape index (κ2) is 10.0. The molecule has 3 N–H and O–H groups in total. The molecule has 1 aromatic heterocycles. The molecule has 34 heavy (non-hydrogen) atoms. The maximum absolute atomic E-state index is 13.0. The van der Waals surface area contributed by atoms with Crippen LogP contribution in [0.25, 0.3) is 0 Å². The Kier molecular flexibility index (Phi) is 6.87. The first-order valence-corrected chi connectivity index (χ1v) is 12.7. The number of carbonyl (C=O) groups excluding carboxylic acids is 1. The molecule has 0 aromatic carbocycles. The molecule has 0 bridgehead atoms. The Morgan fingerprint density at radius 3 is 2.53 bits per heavy atom. The van der Waals surface area contributed by atoms with Crippen LogP contribution in [0.15, 0.2) is 18.6 Å². The van der Waals surface area contributed by atoms with Crippen LogP contribution in [0.4, 0.5) is 10.6 Å². The fourth-order valence-electron chi connectivity index (χ4n) is 6.52. The fraction of sp³-hybridized carbons (Fsp3) is 0.750. The second-order valence-corrected chi connectivity index (χ2v) is 10.3. The van der Waals surface area contributed by atoms with Gasteiger partial charge in [-0.2, -0.15) is 0 Å². The van der Waals surface area contributed by atoms with Crippen molar-refractivity contribution < 1.29 is 19.4 Å². The number of nitrogens with two attached hydrogens (primary N) is 1. The number of ether oxygens (including phenoxy) is 1. The maximum Gasteiger partial charge on any atom is 0.410 e. The van der Waals surface area contributed by atoms with Gasteiger partial charge in [0.1, 0.15) is 24.3 Å². The molecule has 3 saturated heterocycles. The third-order valence-electron chi connectivity index (χ3n) is 8.33. The Balaban J connectivity index is 1.18. The minimum Gasteiger partial charge on any atom is -0.480 e. The van der Waals surface area contributed by atoms with Crippen LogP contribution in [-0.2, 0) is 9.53 Å². The molecule has 10 heteroatoms. The molecule has 10 nitrogen and oxygen atoms in total. The highest BCUT2D eigenvalue weighted by molar-refractivity contribution is 5.73. The van der Waals surface area contributed by atoms with Gasteiger partial charge in [0, 0.05) is 31.4 Å². The van der Waals surface area contributed by atoms with Gasteiger partial charge in [-0.15, -0.1) is 0 Å². The monoisotopic (exact) mass is 472 g/mol. The Morgan fingerprint density at radius 2 is 1.85 bits per heavy atom. The Hall–Kier alpha value is -2.46. The van der Waals surface area contributed by atoms with Gasteiger partial charge in [-0.1, -0.05) is 0 Å². The molecule has 5 rings (SSSR count). The Labute approximate surface area is 200 Å². The highest BCUT2D eigenvalue weighted by Crippen LogP contribution is 2.39. The van der Waals surface area contributed by atoms with Crippen LogP contribution in [0.2, 0.25) is 0 Å². The van der Waals surface area contributed by atoms with E-state index in [-0.39, 0.29) is 30.3 Å². The van der Waals surface area contributed by atoms with Crippen molar-refractivity contribution in [2.45, 2.75) is 81.6 Å². The number of anilines is 1. The second-order valence-electron chi connectivity index (χ2n) is 10.3. The summed E-state index contributed by atoms with van der Waals surface area (Å²) >= 11 is 0. The Bertz CT molecular complexity index is 856. The number of aromatic nitrogens is 2. The van der Waals surface area contributed by atoms with Gasteiger partial charge in [0.15, 0.2) is 0 Å². The lowest BCUT2D eigenvalue weighted by Crippen LogP contribution is -2.56. The van der Waals surface area contributed by atoms with Crippen LogP contribution < -0.4 is 10.6 Å². The van der Waals surface area contributed by atoms with Crippen molar-refractivity contribution in [3.8, 4) is 0 Å². The minimum atomic E-state index is -0.918. The van der Waals surface area contributed by atoms with Crippen molar-refractivity contribution in [3.63, 3.8) is 0 Å². The number of hydrogen-bond acceptors (Lipinski definition) is 8. The number of aliphatic carboxylic acids is 1. The normalized spacial score (nSPS) is 30.1. The smallest absolute Gasteiger partial charge is 0.410 e. The van der Waals surface area contributed by atoms with Crippen molar-refractivity contribution in [3.05, 3.63) is 18.6 Å². The number of piperidine rings is 2. The van der Waals surface area contributed by atoms with E-state index >= 15 is 0 Å². The van der Waals surface area contributed by atoms with E-state index in [2.05, 4.69) is 24.7 Å². The number of nitrogens with zero attached hydrogens (tertiary/aromatic N) is 5. The molecule has 186 valence electrons. The molecule has 4 heterocycles. The minimum absolute atomic E-state index is 0.0704. The topological polar surface area (TPSA) is 125 Å². The summed E-state index contributed by atoms with van der Waals surface area (Å²) in [6.07, 6.45) is 10.6. The van der Waals surface area contributed by atoms with Crippen molar-refractivity contribution >= 4 is 17.9 Å². The zero-order valence-electron chi connectivity index (χ0n) is 19.7. The standard InChI is InChI=1S/C24H36N6O4/c25-18(23(31)32)14-16-5-10-28(11-6-16)19-2-1-3-20-22(19)34-24(33)30(20)17-7-12-29(13-8-17)21-4-9-26-15-27-21/h4,9,15-20,22H,1-3,5-8,10-14,25H2,(H,31,32). The van der Waals surface area contributed by atoms with Crippen LogP contribution in [0.3, 0.4) is 0 Å². The van der Waals surface area contributed by atoms with Crippen LogP contribution in [0.1, 0.15) is 51.4 Å². The number of hydrogen-bond donors (Lipinski definition) is 2. The summed E-state index contributed by atoms with van der Waals surface area (Å²) < 4.78 is 6.04. The summed E-state index contributed by atoms with van der Waals surface area (Å²) in [5.41, 5.74) is 5.75. The van der Waals surface area contributed by atoms with E-state index in [4.69, 9.17) is 15.6 Å². The third-order valence-corrected chi connectivity index (χ3v) is 8.33. The summed E-state index contributed by atoms with van der Waals surface area (Å²) in [6.45, 7) is 3.58. The van der Waals surface area contributed by atoms with E-state index in [0.29, 0.717) is 12.3 Å². The van der Waals surface area contributed by atoms with Gasteiger partial charge < -0.3 is 20.5 Å². The average molecular weight is 473 g/mol. The maximum atomic E-state index is 13.0. The summed E-state index contributed by atoms with van der Waals surface area (Å²) in [5, 5.41) is 9.10. The van der Waals surface area contributed by atoms with Crippen molar-refractivity contribution in [2.75, 3.05) is 31.1 Å². The lowest BCUT2D eigenvalue weighted by molar-refractivity contribution is -0.139. The van der Waals surface area contributed by atoms with Gasteiger partial charge in [-0.25, -0.2) is 14.8 Å². The molecule has 0 radical (unpaired) electrons. The largest absolute Gasteiger partial charge is 0.480 e. The number of amides is 1. The van der Waals surface area contributed by atoms with E-state index in [1.807, 2.05) is 6.07 Å². The van der Waals surface area contributed by atoms with Crippen LogP contribution in [-0.4, -0.2) is 93.4 Å². The number of rotatable bonds is 6. The van der Waals surface area contributed by atoms with E-state index in [1.54, 1.807) is 12.5 Å². The first kappa shape index (κ1) is 23.3. The summed E-state index contributed by atoms with van der Waals surface area (Å²) in [4.78, 5) is 39.3. The van der Waals surface area contributed by atoms with Crippen molar-refractivity contribution in [2.24, 2.45) is 11.7 Å². The summed E-state index contributed by atoms with van der Waals surface area (Å²) in [6, 6.07) is 1.77. The molecule has 0 spiro atoms. The van der Waals surface area contributed by atoms with Crippen molar-refractivity contribution in [1.29, 1.82) is 0 Å². The van der Waals surface area contributed by atoms with E-state index < -0.39 is 12.0 Å². The van der Waals surface area contributed by atoms with E-state index in [9.17, 15) is 9.59 Å². The van der Waals surface area contributed by atoms with Gasteiger partial charge in [-0.3, -0.25) is 14.6 Å². The average Bonchev–Trinajstić information content (AvgIpc) is 3.21. The van der Waals surface area contributed by atoms with E-state index in [1.165, 1.54) is 0 Å². The number of carboxylic acids is 1. The highest BCUT2D eigenvalue weighted by atomic mass is 16.6. The predicted octanol–water partition coefficient (Wildman–Crippen LogP) is 1.70. The molecule has 1 amide bonds. The lowest BCUT2D eigenvalue weighted by atomic mass is 9.83. The molecule has 1 saturated carbocycles. The number of likely N-dealkylation sites (tertiary alicyclic amines) is 1. The molecule has 4 fully saturated rings. The molecular formula is C24H36N6O4. The lowest BCUT2D eigenvalue weighted by Gasteiger charge is -2.45. The molecule has 1 aromatic rings. The first-order valence-electron chi connectivity index (χ1n) is 12.7. The molecule has 3 aliphatic heterocycles. The fourth-order valence-corrected chi connectivity index (χ4v) is 6.52. The molecule has 4 aliphatic rings. The third kappa shape index (κ3) is 4.70. The SMILES string of the molecule is NC(CC1CCN(C2CCCC3C2OC(=O)N3C2CCN(c3ccncn3)CC2)CC1)C(=O)O. The molecule has 4 atom stereocenters. The zero-order chi connectivity index (χ0) is 23.7. The molecule has 4 unspecified atom stereocenters. The molecular weight excluding hydrogens is 436 g/mol. The number of fused-ring (bicyclic) bond motifs is 1. The summed E-state index contributed by atoms with van der Waals surface area (Å²) in [7, 11) is 0. The van der Waals surface area contributed by atoms with Gasteiger partial charge in [-0.05, 0) is 76.4 Å². The van der Waals surface area contributed by atoms with Gasteiger partial charge in [0.25, 0.3) is 0 Å².